The summed E-state index contributed by atoms with van der Waals surface area (Å²) < 4.78 is 2.17. The third kappa shape index (κ3) is 3.43. The van der Waals surface area contributed by atoms with E-state index in [2.05, 4.69) is 52.8 Å². The lowest BCUT2D eigenvalue weighted by Gasteiger charge is -2.20. The van der Waals surface area contributed by atoms with Gasteiger partial charge in [0.15, 0.2) is 5.84 Å². The van der Waals surface area contributed by atoms with Gasteiger partial charge in [-0.15, -0.1) is 0 Å². The second kappa shape index (κ2) is 7.72. The lowest BCUT2D eigenvalue weighted by Crippen LogP contribution is -2.35. The van der Waals surface area contributed by atoms with Crippen LogP contribution in [0.2, 0.25) is 0 Å². The topological polar surface area (TPSA) is 73.8 Å². The smallest absolute Gasteiger partial charge is 0.283 e. The zero-order valence-electron chi connectivity index (χ0n) is 17.9. The van der Waals surface area contributed by atoms with Crippen molar-refractivity contribution in [3.8, 4) is 5.69 Å². The summed E-state index contributed by atoms with van der Waals surface area (Å²) in [5.74, 6) is 0.207. The van der Waals surface area contributed by atoms with Crippen molar-refractivity contribution in [2.75, 3.05) is 0 Å². The first-order chi connectivity index (χ1) is 14.3. The Kier molecular flexibility index (Phi) is 5.24. The van der Waals surface area contributed by atoms with Crippen LogP contribution in [0.15, 0.2) is 46.0 Å². The van der Waals surface area contributed by atoms with E-state index in [1.807, 2.05) is 26.8 Å². The van der Waals surface area contributed by atoms with Crippen LogP contribution in [0.5, 0.6) is 0 Å². The number of hydrogen-bond donors (Lipinski definition) is 1. The van der Waals surface area contributed by atoms with Crippen LogP contribution in [0.4, 0.5) is 0 Å². The lowest BCUT2D eigenvalue weighted by molar-refractivity contribution is -0.114. The summed E-state index contributed by atoms with van der Waals surface area (Å²) in [5, 5.41) is 15.4. The Morgan fingerprint density at radius 2 is 1.90 bits per heavy atom. The van der Waals surface area contributed by atoms with Gasteiger partial charge < -0.3 is 4.57 Å². The maximum absolute atomic E-state index is 12.6. The van der Waals surface area contributed by atoms with Gasteiger partial charge in [0.2, 0.25) is 5.17 Å². The Morgan fingerprint density at radius 3 is 2.57 bits per heavy atom. The molecule has 3 heterocycles. The minimum Gasteiger partial charge on any atom is -0.318 e. The Bertz CT molecular complexity index is 1140. The minimum absolute atomic E-state index is 0.0667. The number of hydrazone groups is 1. The Balaban J connectivity index is 1.71. The van der Waals surface area contributed by atoms with Gasteiger partial charge in [-0.25, -0.2) is 0 Å². The number of thioether (sulfide) groups is 1. The molecule has 2 aliphatic heterocycles. The van der Waals surface area contributed by atoms with E-state index >= 15 is 0 Å². The van der Waals surface area contributed by atoms with E-state index < -0.39 is 5.91 Å². The van der Waals surface area contributed by atoms with Gasteiger partial charge in [0.05, 0.1) is 10.6 Å². The number of hydrogen-bond acceptors (Lipinski definition) is 4. The first kappa shape index (κ1) is 20.3. The van der Waals surface area contributed by atoms with Crippen LogP contribution in [-0.4, -0.2) is 31.5 Å². The standard InChI is InChI=1S/C23H25N5OS/c1-6-13(2)17-7-9-19(10-8-17)27-14(3)11-18(15(27)4)12-20-21(24)28-23(25-22(20)29)30-16(5)26-28/h7-13,24H,6H2,1-5H3/b20-12+,24-21?/t13-/m0/s1. The molecule has 0 radical (unpaired) electrons. The first-order valence-electron chi connectivity index (χ1n) is 10.1. The summed E-state index contributed by atoms with van der Waals surface area (Å²) in [5.41, 5.74) is 5.66. The van der Waals surface area contributed by atoms with E-state index in [0.717, 1.165) is 34.1 Å². The number of aryl methyl sites for hydroxylation is 1. The van der Waals surface area contributed by atoms with Crippen molar-refractivity contribution in [3.63, 3.8) is 0 Å². The highest BCUT2D eigenvalue weighted by molar-refractivity contribution is 8.26. The maximum Gasteiger partial charge on any atom is 0.283 e. The molecule has 1 atom stereocenters. The predicted molar refractivity (Wildman–Crippen MR) is 125 cm³/mol. The van der Waals surface area contributed by atoms with Gasteiger partial charge in [-0.3, -0.25) is 10.2 Å². The monoisotopic (exact) mass is 419 g/mol. The number of nitrogens with zero attached hydrogens (tertiary/aromatic N) is 4. The van der Waals surface area contributed by atoms with Crippen molar-refractivity contribution in [2.24, 2.45) is 10.1 Å². The van der Waals surface area contributed by atoms with Crippen LogP contribution >= 0.6 is 11.8 Å². The number of amides is 1. The van der Waals surface area contributed by atoms with Crippen LogP contribution in [0, 0.1) is 19.3 Å². The van der Waals surface area contributed by atoms with E-state index in [9.17, 15) is 4.79 Å². The second-order valence-corrected chi connectivity index (χ2v) is 8.86. The third-order valence-electron chi connectivity index (χ3n) is 5.66. The van der Waals surface area contributed by atoms with Crippen molar-refractivity contribution in [1.29, 1.82) is 5.41 Å². The van der Waals surface area contributed by atoms with E-state index in [1.165, 1.54) is 22.3 Å². The number of nitrogens with one attached hydrogen (secondary N) is 1. The van der Waals surface area contributed by atoms with Gasteiger partial charge in [0.1, 0.15) is 0 Å². The molecular formula is C23H25N5OS. The normalized spacial score (nSPS) is 18.6. The van der Waals surface area contributed by atoms with E-state index in [0.29, 0.717) is 11.1 Å². The van der Waals surface area contributed by atoms with Gasteiger partial charge in [-0.2, -0.15) is 15.1 Å². The van der Waals surface area contributed by atoms with E-state index in [-0.39, 0.29) is 11.4 Å². The Hall–Kier alpha value is -2.93. The number of fused-ring (bicyclic) bond motifs is 1. The highest BCUT2D eigenvalue weighted by Crippen LogP contribution is 2.30. The highest BCUT2D eigenvalue weighted by Gasteiger charge is 2.34. The average Bonchev–Trinajstić information content (AvgIpc) is 3.23. The molecule has 1 N–H and O–H groups in total. The van der Waals surface area contributed by atoms with Gasteiger partial charge >= 0.3 is 0 Å². The number of rotatable bonds is 4. The number of carbonyl (C=O) groups excluding carboxylic acids is 1. The summed E-state index contributed by atoms with van der Waals surface area (Å²) in [6.45, 7) is 10.4. The van der Waals surface area contributed by atoms with E-state index in [1.54, 1.807) is 6.08 Å². The van der Waals surface area contributed by atoms with Crippen LogP contribution in [0.1, 0.15) is 55.6 Å². The molecular weight excluding hydrogens is 394 g/mol. The van der Waals surface area contributed by atoms with Gasteiger partial charge in [0.25, 0.3) is 5.91 Å². The zero-order valence-corrected chi connectivity index (χ0v) is 18.7. The molecule has 1 amide bonds. The molecule has 2 aliphatic rings. The molecule has 0 unspecified atom stereocenters. The van der Waals surface area contributed by atoms with Crippen molar-refractivity contribution in [3.05, 3.63) is 58.4 Å². The number of amidine groups is 2. The van der Waals surface area contributed by atoms with Gasteiger partial charge in [0, 0.05) is 17.1 Å². The van der Waals surface area contributed by atoms with Crippen molar-refractivity contribution in [1.82, 2.24) is 9.58 Å². The Morgan fingerprint density at radius 1 is 1.20 bits per heavy atom. The number of carbonyl (C=O) groups is 1. The minimum atomic E-state index is -0.397. The molecule has 30 heavy (non-hydrogen) atoms. The lowest BCUT2D eigenvalue weighted by atomic mass is 9.98. The third-order valence-corrected chi connectivity index (χ3v) is 6.48. The Labute approximate surface area is 180 Å². The molecule has 0 fully saturated rings. The van der Waals surface area contributed by atoms with Crippen molar-refractivity contribution in [2.45, 2.75) is 47.0 Å². The largest absolute Gasteiger partial charge is 0.318 e. The molecule has 1 aromatic carbocycles. The van der Waals surface area contributed by atoms with Crippen LogP contribution in [-0.2, 0) is 4.79 Å². The number of benzene rings is 1. The maximum atomic E-state index is 12.6. The molecule has 7 heteroatoms. The van der Waals surface area contributed by atoms with Crippen LogP contribution in [0.25, 0.3) is 11.8 Å². The van der Waals surface area contributed by atoms with Gasteiger partial charge in [-0.1, -0.05) is 26.0 Å². The molecule has 2 aromatic rings. The SMILES string of the molecule is CC[C@H](C)c1ccc(-n2c(C)cc(/C=C3\C(=N)N4N=C(C)SC4=NC3=O)c2C)cc1. The average molecular weight is 420 g/mol. The molecule has 0 aliphatic carbocycles. The van der Waals surface area contributed by atoms with Gasteiger partial charge in [-0.05, 0) is 80.3 Å². The quantitative estimate of drug-likeness (QED) is 0.688. The zero-order chi connectivity index (χ0) is 21.6. The molecule has 4 rings (SSSR count). The summed E-state index contributed by atoms with van der Waals surface area (Å²) in [6, 6.07) is 10.7. The van der Waals surface area contributed by atoms with Crippen LogP contribution in [0.3, 0.4) is 0 Å². The fourth-order valence-electron chi connectivity index (χ4n) is 3.76. The molecule has 0 saturated heterocycles. The molecule has 0 spiro atoms. The molecule has 6 nitrogen and oxygen atoms in total. The fraction of sp³-hybridized carbons (Fsp3) is 0.304. The summed E-state index contributed by atoms with van der Waals surface area (Å²) in [4.78, 5) is 16.7. The number of aliphatic imine (C=N–C) groups is 1. The summed E-state index contributed by atoms with van der Waals surface area (Å²) in [7, 11) is 0. The summed E-state index contributed by atoms with van der Waals surface area (Å²) >= 11 is 1.31. The predicted octanol–water partition coefficient (Wildman–Crippen LogP) is 5.25. The van der Waals surface area contributed by atoms with Crippen molar-refractivity contribution < 1.29 is 4.79 Å². The molecule has 154 valence electrons. The molecule has 0 bridgehead atoms. The number of aromatic nitrogens is 1. The fourth-order valence-corrected chi connectivity index (χ4v) is 4.50. The second-order valence-electron chi connectivity index (χ2n) is 7.70. The van der Waals surface area contributed by atoms with E-state index in [4.69, 9.17) is 5.41 Å². The molecule has 0 saturated carbocycles. The highest BCUT2D eigenvalue weighted by atomic mass is 32.2. The molecule has 1 aromatic heterocycles. The summed E-state index contributed by atoms with van der Waals surface area (Å²) in [6.07, 6.45) is 2.87. The first-order valence-corrected chi connectivity index (χ1v) is 10.9. The van der Waals surface area contributed by atoms with Crippen LogP contribution < -0.4 is 0 Å². The van der Waals surface area contributed by atoms with Crippen molar-refractivity contribution >= 4 is 39.8 Å².